The van der Waals surface area contributed by atoms with Crippen LogP contribution in [-0.4, -0.2) is 10.9 Å². The first-order valence-electron chi connectivity index (χ1n) is 12.0. The number of para-hydroxylation sites is 1. The van der Waals surface area contributed by atoms with Crippen molar-refractivity contribution in [3.8, 4) is 0 Å². The fourth-order valence-electron chi connectivity index (χ4n) is 3.54. The van der Waals surface area contributed by atoms with E-state index in [0.29, 0.717) is 6.42 Å². The molecule has 2 aromatic rings. The number of benzene rings is 1. The number of carbonyl (C=O) groups excluding carboxylic acids is 1. The Kier molecular flexibility index (Phi) is 12.5. The van der Waals surface area contributed by atoms with Crippen LogP contribution in [0.1, 0.15) is 76.3 Å². The van der Waals surface area contributed by atoms with E-state index in [1.807, 2.05) is 36.4 Å². The number of nitrogens with zero attached hydrogens (tertiary/aromatic N) is 1. The molecule has 0 saturated heterocycles. The predicted molar refractivity (Wildman–Crippen MR) is 137 cm³/mol. The van der Waals surface area contributed by atoms with Gasteiger partial charge >= 0.3 is 0 Å². The lowest BCUT2D eigenvalue weighted by Gasteiger charge is -2.12. The summed E-state index contributed by atoms with van der Waals surface area (Å²) in [5.74, 6) is -0.672. The first kappa shape index (κ1) is 25.3. The Labute approximate surface area is 193 Å². The maximum Gasteiger partial charge on any atom is 0.226 e. The van der Waals surface area contributed by atoms with Gasteiger partial charge in [-0.25, -0.2) is 0 Å². The molecule has 1 unspecified atom stereocenters. The van der Waals surface area contributed by atoms with Gasteiger partial charge in [0.25, 0.3) is 0 Å². The number of aromatic nitrogens is 1. The molecule has 170 valence electrons. The summed E-state index contributed by atoms with van der Waals surface area (Å²) in [6, 6.07) is 11.8. The Morgan fingerprint density at radius 3 is 2.12 bits per heavy atom. The summed E-state index contributed by atoms with van der Waals surface area (Å²) in [7, 11) is 0. The highest BCUT2D eigenvalue weighted by Crippen LogP contribution is 2.22. The number of primary amides is 1. The van der Waals surface area contributed by atoms with E-state index in [2.05, 4.69) is 60.5 Å². The summed E-state index contributed by atoms with van der Waals surface area (Å²) in [6.07, 6.45) is 27.1. The highest BCUT2D eigenvalue weighted by molar-refractivity contribution is 5.83. The second-order valence-electron chi connectivity index (χ2n) is 8.05. The van der Waals surface area contributed by atoms with Crippen molar-refractivity contribution in [2.24, 2.45) is 5.73 Å². The molecule has 0 spiro atoms. The van der Waals surface area contributed by atoms with Crippen LogP contribution in [0.15, 0.2) is 85.0 Å². The predicted octanol–water partition coefficient (Wildman–Crippen LogP) is 7.56. The van der Waals surface area contributed by atoms with E-state index in [1.165, 1.54) is 25.7 Å². The number of nitrogens with two attached hydrogens (primary N) is 1. The molecule has 0 saturated carbocycles. The van der Waals surface area contributed by atoms with E-state index in [9.17, 15) is 4.79 Å². The quantitative estimate of drug-likeness (QED) is 0.234. The van der Waals surface area contributed by atoms with Gasteiger partial charge in [0.05, 0.1) is 17.1 Å². The third-order valence-electron chi connectivity index (χ3n) is 5.40. The van der Waals surface area contributed by atoms with Crippen molar-refractivity contribution in [2.45, 2.75) is 70.6 Å². The molecule has 0 aliphatic rings. The van der Waals surface area contributed by atoms with Gasteiger partial charge in [-0.2, -0.15) is 0 Å². The minimum atomic E-state index is -0.356. The summed E-state index contributed by atoms with van der Waals surface area (Å²) in [4.78, 5) is 16.6. The average Bonchev–Trinajstić information content (AvgIpc) is 2.80. The summed E-state index contributed by atoms with van der Waals surface area (Å²) in [5.41, 5.74) is 7.31. The number of amides is 1. The van der Waals surface area contributed by atoms with E-state index in [1.54, 1.807) is 0 Å². The Morgan fingerprint density at radius 2 is 1.47 bits per heavy atom. The zero-order chi connectivity index (χ0) is 22.9. The van der Waals surface area contributed by atoms with Crippen molar-refractivity contribution in [1.82, 2.24) is 4.98 Å². The first-order valence-corrected chi connectivity index (χ1v) is 12.0. The number of rotatable bonds is 15. The largest absolute Gasteiger partial charge is 0.369 e. The molecule has 2 N–H and O–H groups in total. The molecule has 32 heavy (non-hydrogen) atoms. The third kappa shape index (κ3) is 9.91. The Balaban J connectivity index is 1.65. The molecule has 1 aromatic heterocycles. The van der Waals surface area contributed by atoms with Crippen LogP contribution in [-0.2, 0) is 4.79 Å². The van der Waals surface area contributed by atoms with Crippen molar-refractivity contribution < 1.29 is 4.79 Å². The van der Waals surface area contributed by atoms with E-state index < -0.39 is 0 Å². The molecule has 0 aliphatic carbocycles. The first-order chi connectivity index (χ1) is 15.7. The van der Waals surface area contributed by atoms with Gasteiger partial charge in [-0.1, -0.05) is 92.6 Å². The van der Waals surface area contributed by atoms with Crippen LogP contribution in [0.25, 0.3) is 10.9 Å². The van der Waals surface area contributed by atoms with E-state index in [-0.39, 0.29) is 11.8 Å². The monoisotopic (exact) mass is 430 g/mol. The van der Waals surface area contributed by atoms with Crippen molar-refractivity contribution in [2.75, 3.05) is 0 Å². The Morgan fingerprint density at radius 1 is 0.844 bits per heavy atom. The minimum absolute atomic E-state index is 0.316. The molecule has 0 radical (unpaired) electrons. The summed E-state index contributed by atoms with van der Waals surface area (Å²) in [5, 5.41) is 1.07. The highest BCUT2D eigenvalue weighted by atomic mass is 16.1. The fourth-order valence-corrected chi connectivity index (χ4v) is 3.54. The van der Waals surface area contributed by atoms with Gasteiger partial charge in [-0.05, 0) is 57.1 Å². The number of pyridine rings is 1. The van der Waals surface area contributed by atoms with Crippen LogP contribution in [0, 0.1) is 0 Å². The van der Waals surface area contributed by atoms with Crippen molar-refractivity contribution >= 4 is 16.8 Å². The number of hydrogen-bond acceptors (Lipinski definition) is 2. The van der Waals surface area contributed by atoms with Gasteiger partial charge in [0.2, 0.25) is 5.91 Å². The van der Waals surface area contributed by atoms with E-state index in [4.69, 9.17) is 5.73 Å². The van der Waals surface area contributed by atoms with Crippen molar-refractivity contribution in [3.05, 3.63) is 90.7 Å². The van der Waals surface area contributed by atoms with E-state index in [0.717, 1.165) is 42.3 Å². The van der Waals surface area contributed by atoms with E-state index >= 15 is 0 Å². The maximum atomic E-state index is 12.0. The SMILES string of the molecule is CCCCCC=CCC=CCC=CCC=CCCC(C(N)=O)c1ccc2ccccc2n1. The smallest absolute Gasteiger partial charge is 0.226 e. The Bertz CT molecular complexity index is 924. The lowest BCUT2D eigenvalue weighted by molar-refractivity contribution is -0.119. The standard InChI is InChI=1S/C29H38N2O/c1-2-3-4-5-6-7-8-9-10-11-12-13-14-15-16-17-21-26(29(30)32)28-24-23-25-20-18-19-22-27(25)31-28/h6-7,9-10,12-13,15-16,18-20,22-24,26H,2-5,8,11,14,17,21H2,1H3,(H2,30,32). The number of hydrogen-bond donors (Lipinski definition) is 1. The molecule has 1 atom stereocenters. The third-order valence-corrected chi connectivity index (χ3v) is 5.40. The molecule has 0 aliphatic heterocycles. The van der Waals surface area contributed by atoms with Crippen LogP contribution in [0.3, 0.4) is 0 Å². The molecule has 0 bridgehead atoms. The van der Waals surface area contributed by atoms with Gasteiger partial charge < -0.3 is 5.73 Å². The second-order valence-corrected chi connectivity index (χ2v) is 8.05. The molecular weight excluding hydrogens is 392 g/mol. The van der Waals surface area contributed by atoms with Crippen molar-refractivity contribution in [3.63, 3.8) is 0 Å². The molecule has 3 heteroatoms. The molecule has 2 rings (SSSR count). The number of unbranched alkanes of at least 4 members (excludes halogenated alkanes) is 3. The van der Waals surface area contributed by atoms with Crippen LogP contribution in [0.4, 0.5) is 0 Å². The summed E-state index contributed by atoms with van der Waals surface area (Å²) < 4.78 is 0. The fraction of sp³-hybridized carbons (Fsp3) is 0.379. The summed E-state index contributed by atoms with van der Waals surface area (Å²) in [6.45, 7) is 2.24. The van der Waals surface area contributed by atoms with Gasteiger partial charge in [0.15, 0.2) is 0 Å². The van der Waals surface area contributed by atoms with Crippen LogP contribution in [0.2, 0.25) is 0 Å². The minimum Gasteiger partial charge on any atom is -0.369 e. The normalized spacial score (nSPS) is 13.3. The maximum absolute atomic E-state index is 12.0. The summed E-state index contributed by atoms with van der Waals surface area (Å²) >= 11 is 0. The lowest BCUT2D eigenvalue weighted by atomic mass is 9.97. The topological polar surface area (TPSA) is 56.0 Å². The molecule has 3 nitrogen and oxygen atoms in total. The zero-order valence-electron chi connectivity index (χ0n) is 19.5. The van der Waals surface area contributed by atoms with Gasteiger partial charge in [-0.15, -0.1) is 0 Å². The molecule has 1 aromatic carbocycles. The average molecular weight is 431 g/mol. The van der Waals surface area contributed by atoms with Crippen LogP contribution in [0.5, 0.6) is 0 Å². The second kappa shape index (κ2) is 15.8. The van der Waals surface area contributed by atoms with Crippen LogP contribution < -0.4 is 5.73 Å². The van der Waals surface area contributed by atoms with Gasteiger partial charge in [0.1, 0.15) is 0 Å². The number of fused-ring (bicyclic) bond motifs is 1. The highest BCUT2D eigenvalue weighted by Gasteiger charge is 2.18. The molecule has 1 heterocycles. The lowest BCUT2D eigenvalue weighted by Crippen LogP contribution is -2.22. The van der Waals surface area contributed by atoms with Gasteiger partial charge in [-0.3, -0.25) is 9.78 Å². The molecule has 0 fully saturated rings. The molecule has 1 amide bonds. The van der Waals surface area contributed by atoms with Crippen molar-refractivity contribution in [1.29, 1.82) is 0 Å². The Hall–Kier alpha value is -2.94. The van der Waals surface area contributed by atoms with Gasteiger partial charge in [0, 0.05) is 5.39 Å². The number of carbonyl (C=O) groups is 1. The molecular formula is C29H38N2O. The van der Waals surface area contributed by atoms with Crippen LogP contribution >= 0.6 is 0 Å². The zero-order valence-corrected chi connectivity index (χ0v) is 19.5. The number of allylic oxidation sites excluding steroid dienone is 8.